The minimum atomic E-state index is -5.08. The van der Waals surface area contributed by atoms with E-state index in [0.717, 1.165) is 50.4 Å². The van der Waals surface area contributed by atoms with Gasteiger partial charge >= 0.3 is 24.3 Å². The Morgan fingerprint density at radius 3 is 2.00 bits per heavy atom. The lowest BCUT2D eigenvalue weighted by molar-refractivity contribution is -0.193. The molecule has 0 aliphatic carbocycles. The third-order valence-corrected chi connectivity index (χ3v) is 5.93. The predicted octanol–water partition coefficient (Wildman–Crippen LogP) is 4.56. The van der Waals surface area contributed by atoms with Crippen molar-refractivity contribution in [1.29, 1.82) is 0 Å². The number of benzene rings is 1. The first-order chi connectivity index (χ1) is 18.6. The van der Waals surface area contributed by atoms with Crippen LogP contribution in [0.1, 0.15) is 24.8 Å². The standard InChI is InChI=1S/C21H26N2O3.2C2HF3O2/c1-24-18-6-4-17(5-7-18)15-23-11-8-21(9-12-23)13-20(16-25-21)26-19-3-2-10-22-14-19;2*3-2(4,5)1(6)7/h2-7,10,14,20H,8-9,11-13,15-16H2,1H3;2*(H,6,7). The Labute approximate surface area is 225 Å². The summed E-state index contributed by atoms with van der Waals surface area (Å²) < 4.78 is 80.9. The van der Waals surface area contributed by atoms with E-state index in [0.29, 0.717) is 6.61 Å². The lowest BCUT2D eigenvalue weighted by Crippen LogP contribution is -2.44. The summed E-state index contributed by atoms with van der Waals surface area (Å²) in [5.74, 6) is -3.78. The molecule has 15 heteroatoms. The number of pyridine rings is 1. The van der Waals surface area contributed by atoms with Gasteiger partial charge in [0.15, 0.2) is 0 Å². The monoisotopic (exact) mass is 582 g/mol. The zero-order valence-corrected chi connectivity index (χ0v) is 21.2. The summed E-state index contributed by atoms with van der Waals surface area (Å²) in [4.78, 5) is 24.4. The fourth-order valence-corrected chi connectivity index (χ4v) is 3.94. The summed E-state index contributed by atoms with van der Waals surface area (Å²) in [6.07, 6.45) is -3.41. The lowest BCUT2D eigenvalue weighted by atomic mass is 9.88. The minimum absolute atomic E-state index is 0.0106. The van der Waals surface area contributed by atoms with Gasteiger partial charge in [-0.25, -0.2) is 9.59 Å². The van der Waals surface area contributed by atoms with Crippen molar-refractivity contribution in [2.45, 2.75) is 49.9 Å². The number of alkyl halides is 6. The van der Waals surface area contributed by atoms with Crippen LogP contribution in [0.5, 0.6) is 11.5 Å². The summed E-state index contributed by atoms with van der Waals surface area (Å²) in [5, 5.41) is 14.2. The predicted molar refractivity (Wildman–Crippen MR) is 127 cm³/mol. The van der Waals surface area contributed by atoms with E-state index in [1.54, 1.807) is 19.5 Å². The second-order valence-corrected chi connectivity index (χ2v) is 8.86. The average molecular weight is 582 g/mol. The first-order valence-corrected chi connectivity index (χ1v) is 11.8. The van der Waals surface area contributed by atoms with Crippen LogP contribution in [0.4, 0.5) is 26.3 Å². The Kier molecular flexibility index (Phi) is 11.5. The molecule has 40 heavy (non-hydrogen) atoms. The average Bonchev–Trinajstić information content (AvgIpc) is 3.28. The molecule has 2 fully saturated rings. The molecule has 1 spiro atoms. The molecule has 3 heterocycles. The van der Waals surface area contributed by atoms with Gasteiger partial charge in [-0.1, -0.05) is 12.1 Å². The zero-order chi connectivity index (χ0) is 30.0. The number of hydrogen-bond donors (Lipinski definition) is 2. The first-order valence-electron chi connectivity index (χ1n) is 11.8. The van der Waals surface area contributed by atoms with Crippen molar-refractivity contribution >= 4 is 11.9 Å². The van der Waals surface area contributed by atoms with Crippen LogP contribution in [-0.4, -0.2) is 82.9 Å². The summed E-state index contributed by atoms with van der Waals surface area (Å²) in [5.41, 5.74) is 1.32. The highest BCUT2D eigenvalue weighted by atomic mass is 19.4. The maximum atomic E-state index is 10.6. The van der Waals surface area contributed by atoms with Gasteiger partial charge in [0.05, 0.1) is 25.5 Å². The molecule has 0 bridgehead atoms. The lowest BCUT2D eigenvalue weighted by Gasteiger charge is -2.38. The van der Waals surface area contributed by atoms with Crippen molar-refractivity contribution < 1.29 is 60.4 Å². The van der Waals surface area contributed by atoms with E-state index >= 15 is 0 Å². The molecule has 0 saturated carbocycles. The molecule has 4 rings (SSSR count). The maximum absolute atomic E-state index is 10.6. The van der Waals surface area contributed by atoms with Crippen LogP contribution in [0, 0.1) is 0 Å². The highest BCUT2D eigenvalue weighted by molar-refractivity contribution is 5.73. The molecule has 2 N–H and O–H groups in total. The van der Waals surface area contributed by atoms with Gasteiger partial charge in [0.2, 0.25) is 0 Å². The Bertz CT molecular complexity index is 1050. The molecular formula is C25H28F6N2O7. The van der Waals surface area contributed by atoms with E-state index in [-0.39, 0.29) is 11.7 Å². The van der Waals surface area contributed by atoms with Gasteiger partial charge in [-0.15, -0.1) is 0 Å². The smallest absolute Gasteiger partial charge is 0.490 e. The summed E-state index contributed by atoms with van der Waals surface area (Å²) in [6, 6.07) is 12.2. The molecule has 222 valence electrons. The summed E-state index contributed by atoms with van der Waals surface area (Å²) >= 11 is 0. The second-order valence-electron chi connectivity index (χ2n) is 8.86. The van der Waals surface area contributed by atoms with Crippen molar-refractivity contribution in [3.63, 3.8) is 0 Å². The molecule has 1 aromatic carbocycles. The number of carboxylic acids is 2. The van der Waals surface area contributed by atoms with E-state index in [9.17, 15) is 26.3 Å². The van der Waals surface area contributed by atoms with Gasteiger partial charge in [-0.2, -0.15) is 26.3 Å². The number of piperidine rings is 1. The fraction of sp³-hybridized carbons (Fsp3) is 0.480. The number of aliphatic carboxylic acids is 2. The topological polar surface area (TPSA) is 118 Å². The highest BCUT2D eigenvalue weighted by Gasteiger charge is 2.43. The Morgan fingerprint density at radius 1 is 1.00 bits per heavy atom. The van der Waals surface area contributed by atoms with Gasteiger partial charge in [-0.3, -0.25) is 9.88 Å². The molecule has 0 amide bonds. The van der Waals surface area contributed by atoms with Crippen molar-refractivity contribution in [3.05, 3.63) is 54.4 Å². The molecular weight excluding hydrogens is 554 g/mol. The number of ether oxygens (including phenoxy) is 3. The molecule has 9 nitrogen and oxygen atoms in total. The number of methoxy groups -OCH3 is 1. The van der Waals surface area contributed by atoms with E-state index in [2.05, 4.69) is 22.0 Å². The van der Waals surface area contributed by atoms with Crippen LogP contribution >= 0.6 is 0 Å². The van der Waals surface area contributed by atoms with Crippen molar-refractivity contribution in [3.8, 4) is 11.5 Å². The van der Waals surface area contributed by atoms with Crippen LogP contribution in [-0.2, 0) is 20.9 Å². The molecule has 1 aromatic heterocycles. The summed E-state index contributed by atoms with van der Waals surface area (Å²) in [6.45, 7) is 3.78. The second kappa shape index (κ2) is 14.2. The first kappa shape index (κ1) is 32.6. The fourth-order valence-electron chi connectivity index (χ4n) is 3.94. The van der Waals surface area contributed by atoms with E-state index in [1.165, 1.54) is 5.56 Å². The van der Waals surface area contributed by atoms with E-state index in [4.69, 9.17) is 34.0 Å². The van der Waals surface area contributed by atoms with Crippen LogP contribution in [0.25, 0.3) is 0 Å². The molecule has 1 atom stereocenters. The van der Waals surface area contributed by atoms with Crippen LogP contribution in [0.3, 0.4) is 0 Å². The Balaban J connectivity index is 0.000000333. The molecule has 2 aliphatic rings. The quantitative estimate of drug-likeness (QED) is 0.489. The number of aromatic nitrogens is 1. The van der Waals surface area contributed by atoms with Crippen LogP contribution < -0.4 is 9.47 Å². The Morgan fingerprint density at radius 2 is 1.55 bits per heavy atom. The minimum Gasteiger partial charge on any atom is -0.497 e. The molecule has 0 radical (unpaired) electrons. The maximum Gasteiger partial charge on any atom is 0.490 e. The van der Waals surface area contributed by atoms with Crippen molar-refractivity contribution in [1.82, 2.24) is 9.88 Å². The number of hydrogen-bond acceptors (Lipinski definition) is 7. The molecule has 2 saturated heterocycles. The third-order valence-electron chi connectivity index (χ3n) is 5.93. The van der Waals surface area contributed by atoms with Crippen LogP contribution in [0.2, 0.25) is 0 Å². The zero-order valence-electron chi connectivity index (χ0n) is 21.2. The van der Waals surface area contributed by atoms with E-state index < -0.39 is 24.3 Å². The third kappa shape index (κ3) is 10.9. The number of rotatable bonds is 5. The highest BCUT2D eigenvalue weighted by Crippen LogP contribution is 2.37. The van der Waals surface area contributed by atoms with Gasteiger partial charge in [0.25, 0.3) is 0 Å². The van der Waals surface area contributed by atoms with Gasteiger partial charge in [0.1, 0.15) is 17.6 Å². The number of likely N-dealkylation sites (tertiary alicyclic amines) is 1. The van der Waals surface area contributed by atoms with Gasteiger partial charge in [-0.05, 0) is 42.7 Å². The molecule has 1 unspecified atom stereocenters. The number of carboxylic acid groups (broad SMARTS) is 2. The normalized spacial score (nSPS) is 18.5. The van der Waals surface area contributed by atoms with Gasteiger partial charge < -0.3 is 24.4 Å². The molecule has 2 aliphatic heterocycles. The molecule has 2 aromatic rings. The van der Waals surface area contributed by atoms with Crippen LogP contribution in [0.15, 0.2) is 48.8 Å². The summed E-state index contributed by atoms with van der Waals surface area (Å²) in [7, 11) is 1.70. The van der Waals surface area contributed by atoms with Crippen molar-refractivity contribution in [2.75, 3.05) is 26.8 Å². The largest absolute Gasteiger partial charge is 0.497 e. The SMILES string of the molecule is COc1ccc(CN2CCC3(CC2)CC(Oc2cccnc2)CO3)cc1.O=C(O)C(F)(F)F.O=C(O)C(F)(F)F. The number of carbonyl (C=O) groups is 2. The van der Waals surface area contributed by atoms with Crippen molar-refractivity contribution in [2.24, 2.45) is 0 Å². The number of halogens is 6. The number of nitrogens with zero attached hydrogens (tertiary/aromatic N) is 2. The van der Waals surface area contributed by atoms with Gasteiger partial charge in [0, 0.05) is 32.3 Å². The van der Waals surface area contributed by atoms with E-state index in [1.807, 2.05) is 24.3 Å². The Hall–Kier alpha value is -3.59.